The summed E-state index contributed by atoms with van der Waals surface area (Å²) in [7, 11) is 0. The second-order valence-electron chi connectivity index (χ2n) is 5.66. The lowest BCUT2D eigenvalue weighted by molar-refractivity contribution is 0.209. The van der Waals surface area contributed by atoms with E-state index in [0.717, 1.165) is 12.5 Å². The Labute approximate surface area is 103 Å². The van der Waals surface area contributed by atoms with E-state index in [1.54, 1.807) is 0 Å². The van der Waals surface area contributed by atoms with E-state index in [9.17, 15) is 0 Å². The van der Waals surface area contributed by atoms with Crippen molar-refractivity contribution in [1.29, 1.82) is 0 Å². The molecule has 1 heteroatoms. The Bertz CT molecular complexity index is 184. The third-order valence-corrected chi connectivity index (χ3v) is 3.92. The highest BCUT2D eigenvalue weighted by molar-refractivity contribution is 4.88. The lowest BCUT2D eigenvalue weighted by Crippen LogP contribution is -2.39. The van der Waals surface area contributed by atoms with E-state index in [1.807, 2.05) is 0 Å². The van der Waals surface area contributed by atoms with Gasteiger partial charge in [-0.1, -0.05) is 60.0 Å². The van der Waals surface area contributed by atoms with Gasteiger partial charge in [0.2, 0.25) is 0 Å². The Balaban J connectivity index is 4.03. The van der Waals surface area contributed by atoms with Gasteiger partial charge in [0.25, 0.3) is 0 Å². The number of hydrogen-bond donors (Lipinski definition) is 1. The zero-order valence-electron chi connectivity index (χ0n) is 12.0. The van der Waals surface area contributed by atoms with Crippen molar-refractivity contribution < 1.29 is 0 Å². The number of nitrogens with one attached hydrogen (secondary N) is 1. The molecule has 0 fully saturated rings. The van der Waals surface area contributed by atoms with Crippen molar-refractivity contribution >= 4 is 0 Å². The van der Waals surface area contributed by atoms with Gasteiger partial charge in [-0.25, -0.2) is 0 Å². The summed E-state index contributed by atoms with van der Waals surface area (Å²) >= 11 is 0. The van der Waals surface area contributed by atoms with Crippen LogP contribution in [0.15, 0.2) is 12.7 Å². The molecule has 0 bridgehead atoms. The number of unbranched alkanes of at least 4 members (excludes halogenated alkanes) is 1. The van der Waals surface area contributed by atoms with Gasteiger partial charge in [-0.05, 0) is 17.8 Å². The van der Waals surface area contributed by atoms with E-state index >= 15 is 0 Å². The van der Waals surface area contributed by atoms with Crippen LogP contribution in [-0.2, 0) is 0 Å². The number of hydrogen-bond acceptors (Lipinski definition) is 1. The van der Waals surface area contributed by atoms with Crippen molar-refractivity contribution in [1.82, 2.24) is 5.32 Å². The molecule has 0 radical (unpaired) electrons. The monoisotopic (exact) mass is 225 g/mol. The van der Waals surface area contributed by atoms with Crippen molar-refractivity contribution in [3.63, 3.8) is 0 Å². The largest absolute Gasteiger partial charge is 0.310 e. The molecule has 0 heterocycles. The summed E-state index contributed by atoms with van der Waals surface area (Å²) in [4.78, 5) is 0. The molecule has 0 amide bonds. The molecule has 0 aliphatic rings. The Morgan fingerprint density at radius 3 is 2.38 bits per heavy atom. The molecule has 1 nitrogen and oxygen atoms in total. The first kappa shape index (κ1) is 15.7. The van der Waals surface area contributed by atoms with Gasteiger partial charge in [-0.3, -0.25) is 0 Å². The fourth-order valence-electron chi connectivity index (χ4n) is 1.85. The van der Waals surface area contributed by atoms with Gasteiger partial charge in [0.1, 0.15) is 0 Å². The van der Waals surface area contributed by atoms with E-state index in [1.165, 1.54) is 25.7 Å². The van der Waals surface area contributed by atoms with Gasteiger partial charge in [-0.2, -0.15) is 0 Å². The maximum absolute atomic E-state index is 3.92. The zero-order valence-corrected chi connectivity index (χ0v) is 12.0. The molecular weight excluding hydrogens is 194 g/mol. The Morgan fingerprint density at radius 1 is 1.31 bits per heavy atom. The van der Waals surface area contributed by atoms with Crippen molar-refractivity contribution in [3.8, 4) is 0 Å². The van der Waals surface area contributed by atoms with E-state index in [-0.39, 0.29) is 0 Å². The van der Waals surface area contributed by atoms with Crippen LogP contribution in [0.25, 0.3) is 0 Å². The normalized spacial score (nSPS) is 15.8. The molecule has 0 aromatic heterocycles. The smallest absolute Gasteiger partial charge is 0.0247 e. The van der Waals surface area contributed by atoms with Crippen LogP contribution >= 0.6 is 0 Å². The predicted octanol–water partition coefficient (Wildman–Crippen LogP) is 4.39. The maximum Gasteiger partial charge on any atom is 0.0247 e. The summed E-state index contributed by atoms with van der Waals surface area (Å²) in [5, 5.41) is 3.64. The van der Waals surface area contributed by atoms with Crippen LogP contribution in [0.4, 0.5) is 0 Å². The molecule has 0 saturated carbocycles. The van der Waals surface area contributed by atoms with Gasteiger partial charge >= 0.3 is 0 Å². The Morgan fingerprint density at radius 2 is 1.94 bits per heavy atom. The van der Waals surface area contributed by atoms with Gasteiger partial charge in [0, 0.05) is 12.6 Å². The second kappa shape index (κ2) is 7.89. The topological polar surface area (TPSA) is 12.0 Å². The van der Waals surface area contributed by atoms with Crippen LogP contribution in [0, 0.1) is 11.3 Å². The van der Waals surface area contributed by atoms with Crippen molar-refractivity contribution in [3.05, 3.63) is 12.7 Å². The Hall–Kier alpha value is -0.300. The van der Waals surface area contributed by atoms with Gasteiger partial charge in [0.15, 0.2) is 0 Å². The highest BCUT2D eigenvalue weighted by Crippen LogP contribution is 2.28. The molecule has 2 atom stereocenters. The predicted molar refractivity (Wildman–Crippen MR) is 74.7 cm³/mol. The summed E-state index contributed by atoms with van der Waals surface area (Å²) < 4.78 is 0. The van der Waals surface area contributed by atoms with Crippen LogP contribution < -0.4 is 5.32 Å². The first-order valence-electron chi connectivity index (χ1n) is 6.83. The Kier molecular flexibility index (Phi) is 7.74. The van der Waals surface area contributed by atoms with Crippen LogP contribution in [0.5, 0.6) is 0 Å². The molecule has 1 N–H and O–H groups in total. The van der Waals surface area contributed by atoms with E-state index in [4.69, 9.17) is 0 Å². The molecular formula is C15H31N. The lowest BCUT2D eigenvalue weighted by Gasteiger charge is -2.33. The van der Waals surface area contributed by atoms with Gasteiger partial charge in [-0.15, -0.1) is 6.58 Å². The summed E-state index contributed by atoms with van der Waals surface area (Å²) in [6, 6.07) is 0.489. The fraction of sp³-hybridized carbons (Fsp3) is 0.867. The quantitative estimate of drug-likeness (QED) is 0.574. The molecule has 0 aliphatic carbocycles. The van der Waals surface area contributed by atoms with Crippen LogP contribution in [0.3, 0.4) is 0 Å². The SMILES string of the molecule is C=C[C@H](CCCC)NCC(C)(C)C(C)CC. The lowest BCUT2D eigenvalue weighted by atomic mass is 9.78. The molecule has 0 rings (SSSR count). The third-order valence-electron chi connectivity index (χ3n) is 3.92. The number of rotatable bonds is 9. The average Bonchev–Trinajstić information content (AvgIpc) is 2.28. The first-order chi connectivity index (χ1) is 7.47. The van der Waals surface area contributed by atoms with Crippen molar-refractivity contribution in [2.24, 2.45) is 11.3 Å². The summed E-state index contributed by atoms with van der Waals surface area (Å²) in [6.45, 7) is 16.6. The molecule has 16 heavy (non-hydrogen) atoms. The molecule has 0 aromatic rings. The maximum atomic E-state index is 3.92. The van der Waals surface area contributed by atoms with Gasteiger partial charge in [0.05, 0.1) is 0 Å². The average molecular weight is 225 g/mol. The molecule has 1 unspecified atom stereocenters. The van der Waals surface area contributed by atoms with Crippen LogP contribution in [0.1, 0.15) is 60.3 Å². The summed E-state index contributed by atoms with van der Waals surface area (Å²) in [5.74, 6) is 0.761. The van der Waals surface area contributed by atoms with Crippen molar-refractivity contribution in [2.45, 2.75) is 66.3 Å². The highest BCUT2D eigenvalue weighted by atomic mass is 14.9. The highest BCUT2D eigenvalue weighted by Gasteiger charge is 2.24. The summed E-state index contributed by atoms with van der Waals surface area (Å²) in [6.07, 6.45) is 7.08. The fourth-order valence-corrected chi connectivity index (χ4v) is 1.85. The second-order valence-corrected chi connectivity index (χ2v) is 5.66. The minimum absolute atomic E-state index is 0.377. The van der Waals surface area contributed by atoms with E-state index < -0.39 is 0 Å². The molecule has 0 saturated heterocycles. The summed E-state index contributed by atoms with van der Waals surface area (Å²) in [5.41, 5.74) is 0.377. The minimum atomic E-state index is 0.377. The first-order valence-corrected chi connectivity index (χ1v) is 6.83. The minimum Gasteiger partial charge on any atom is -0.310 e. The van der Waals surface area contributed by atoms with E-state index in [0.29, 0.717) is 11.5 Å². The standard InChI is InChI=1S/C15H31N/c1-7-10-11-14(9-3)16-12-15(5,6)13(4)8-2/h9,13-14,16H,3,7-8,10-12H2,1-2,4-6H3/t13?,14-/m1/s1. The van der Waals surface area contributed by atoms with Gasteiger partial charge < -0.3 is 5.32 Å². The zero-order chi connectivity index (χ0) is 12.6. The van der Waals surface area contributed by atoms with Crippen LogP contribution in [0.2, 0.25) is 0 Å². The molecule has 0 aromatic carbocycles. The van der Waals surface area contributed by atoms with Crippen LogP contribution in [-0.4, -0.2) is 12.6 Å². The van der Waals surface area contributed by atoms with E-state index in [2.05, 4.69) is 52.6 Å². The molecule has 0 aliphatic heterocycles. The van der Waals surface area contributed by atoms with Crippen molar-refractivity contribution in [2.75, 3.05) is 6.54 Å². The third kappa shape index (κ3) is 5.69. The molecule has 0 spiro atoms. The molecule has 96 valence electrons.